The molecular weight excluding hydrogens is 248 g/mol. The number of aliphatic hydroxyl groups excluding tert-OH is 1. The Balaban J connectivity index is 2.26. The minimum Gasteiger partial charge on any atom is -0.395 e. The highest BCUT2D eigenvalue weighted by atomic mass is 35.5. The lowest BCUT2D eigenvalue weighted by Crippen LogP contribution is -2.41. The van der Waals surface area contributed by atoms with Gasteiger partial charge in [-0.3, -0.25) is 4.90 Å². The third-order valence-electron chi connectivity index (χ3n) is 4.00. The predicted octanol–water partition coefficient (Wildman–Crippen LogP) is 2.04. The van der Waals surface area contributed by atoms with Crippen molar-refractivity contribution in [2.45, 2.75) is 25.4 Å². The van der Waals surface area contributed by atoms with Crippen LogP contribution in [0.5, 0.6) is 0 Å². The Bertz CT molecular complexity index is 399. The quantitative estimate of drug-likeness (QED) is 0.879. The summed E-state index contributed by atoms with van der Waals surface area (Å²) in [5.41, 5.74) is 7.00. The fourth-order valence-corrected chi connectivity index (χ4v) is 3.16. The molecule has 0 amide bonds. The van der Waals surface area contributed by atoms with Crippen LogP contribution >= 0.6 is 11.6 Å². The van der Waals surface area contributed by atoms with Crippen LogP contribution in [0.1, 0.15) is 24.9 Å². The number of halogens is 1. The number of hydrogen-bond acceptors (Lipinski definition) is 3. The van der Waals surface area contributed by atoms with Gasteiger partial charge in [0.05, 0.1) is 6.61 Å². The van der Waals surface area contributed by atoms with E-state index >= 15 is 0 Å². The molecule has 4 heteroatoms. The zero-order valence-corrected chi connectivity index (χ0v) is 11.5. The van der Waals surface area contributed by atoms with Crippen LogP contribution in [0.25, 0.3) is 0 Å². The van der Waals surface area contributed by atoms with Crippen LogP contribution in [-0.2, 0) is 0 Å². The Kier molecular flexibility index (Phi) is 4.62. The largest absolute Gasteiger partial charge is 0.395 e. The summed E-state index contributed by atoms with van der Waals surface area (Å²) >= 11 is 6.26. The topological polar surface area (TPSA) is 49.5 Å². The minimum absolute atomic E-state index is 0.0980. The number of aliphatic hydroxyl groups is 1. The van der Waals surface area contributed by atoms with Crippen molar-refractivity contribution >= 4 is 11.6 Å². The fourth-order valence-electron chi connectivity index (χ4n) is 2.90. The smallest absolute Gasteiger partial charge is 0.0589 e. The molecule has 100 valence electrons. The Labute approximate surface area is 114 Å². The number of hydrogen-bond donors (Lipinski definition) is 2. The van der Waals surface area contributed by atoms with Gasteiger partial charge in [0.1, 0.15) is 0 Å². The molecular formula is C14H21ClN2O. The highest BCUT2D eigenvalue weighted by Crippen LogP contribution is 2.34. The SMILES string of the molecule is CC1CCN(C(CN)c2ccccc2Cl)C1CO. The van der Waals surface area contributed by atoms with Crippen molar-refractivity contribution in [3.05, 3.63) is 34.9 Å². The van der Waals surface area contributed by atoms with Crippen molar-refractivity contribution in [3.63, 3.8) is 0 Å². The average Bonchev–Trinajstić information content (AvgIpc) is 2.74. The zero-order chi connectivity index (χ0) is 13.1. The molecule has 3 N–H and O–H groups in total. The lowest BCUT2D eigenvalue weighted by molar-refractivity contribution is 0.105. The van der Waals surface area contributed by atoms with E-state index in [0.717, 1.165) is 23.6 Å². The van der Waals surface area contributed by atoms with E-state index in [1.165, 1.54) is 0 Å². The first-order chi connectivity index (χ1) is 8.69. The van der Waals surface area contributed by atoms with Crippen LogP contribution in [0, 0.1) is 5.92 Å². The van der Waals surface area contributed by atoms with Crippen LogP contribution in [0.2, 0.25) is 5.02 Å². The molecule has 0 aromatic heterocycles. The number of rotatable bonds is 4. The lowest BCUT2D eigenvalue weighted by Gasteiger charge is -2.33. The summed E-state index contributed by atoms with van der Waals surface area (Å²) in [5, 5.41) is 10.3. The van der Waals surface area contributed by atoms with E-state index in [9.17, 15) is 5.11 Å². The predicted molar refractivity (Wildman–Crippen MR) is 74.6 cm³/mol. The monoisotopic (exact) mass is 268 g/mol. The first-order valence-electron chi connectivity index (χ1n) is 6.50. The van der Waals surface area contributed by atoms with Gasteiger partial charge in [-0.2, -0.15) is 0 Å². The van der Waals surface area contributed by atoms with Crippen molar-refractivity contribution < 1.29 is 5.11 Å². The van der Waals surface area contributed by atoms with Gasteiger partial charge in [0.2, 0.25) is 0 Å². The van der Waals surface area contributed by atoms with Gasteiger partial charge < -0.3 is 10.8 Å². The highest BCUT2D eigenvalue weighted by molar-refractivity contribution is 6.31. The summed E-state index contributed by atoms with van der Waals surface area (Å²) in [5.74, 6) is 0.506. The van der Waals surface area contributed by atoms with Crippen molar-refractivity contribution in [3.8, 4) is 0 Å². The summed E-state index contributed by atoms with van der Waals surface area (Å²) in [4.78, 5) is 2.30. The third-order valence-corrected chi connectivity index (χ3v) is 4.34. The maximum Gasteiger partial charge on any atom is 0.0589 e. The maximum atomic E-state index is 9.55. The molecule has 1 heterocycles. The van der Waals surface area contributed by atoms with E-state index in [2.05, 4.69) is 11.8 Å². The molecule has 0 spiro atoms. The number of nitrogens with two attached hydrogens (primary N) is 1. The summed E-state index contributed by atoms with van der Waals surface area (Å²) < 4.78 is 0. The molecule has 1 aliphatic rings. The highest BCUT2D eigenvalue weighted by Gasteiger charge is 2.35. The van der Waals surface area contributed by atoms with Crippen molar-refractivity contribution in [2.75, 3.05) is 19.7 Å². The zero-order valence-electron chi connectivity index (χ0n) is 10.7. The number of benzene rings is 1. The van der Waals surface area contributed by atoms with Crippen LogP contribution in [-0.4, -0.2) is 35.7 Å². The molecule has 2 rings (SSSR count). The standard InChI is InChI=1S/C14H21ClN2O/c1-10-6-7-17(14(10)9-18)13(8-16)11-4-2-3-5-12(11)15/h2-5,10,13-14,18H,6-9,16H2,1H3. The lowest BCUT2D eigenvalue weighted by atomic mass is 10.0. The van der Waals surface area contributed by atoms with E-state index in [-0.39, 0.29) is 18.7 Å². The first kappa shape index (κ1) is 13.8. The van der Waals surface area contributed by atoms with Gasteiger partial charge >= 0.3 is 0 Å². The maximum absolute atomic E-state index is 9.55. The first-order valence-corrected chi connectivity index (χ1v) is 6.88. The molecule has 1 aromatic rings. The van der Waals surface area contributed by atoms with Gasteiger partial charge in [0.15, 0.2) is 0 Å². The normalized spacial score (nSPS) is 26.4. The molecule has 1 fully saturated rings. The van der Waals surface area contributed by atoms with Crippen molar-refractivity contribution in [2.24, 2.45) is 11.7 Å². The second-order valence-corrected chi connectivity index (χ2v) is 5.43. The van der Waals surface area contributed by atoms with E-state index in [4.69, 9.17) is 17.3 Å². The second kappa shape index (κ2) is 6.02. The number of nitrogens with zero attached hydrogens (tertiary/aromatic N) is 1. The van der Waals surface area contributed by atoms with Gasteiger partial charge in [0, 0.05) is 23.7 Å². The summed E-state index contributed by atoms with van der Waals surface area (Å²) in [7, 11) is 0. The summed E-state index contributed by atoms with van der Waals surface area (Å²) in [6.45, 7) is 3.86. The molecule has 1 aliphatic heterocycles. The number of likely N-dealkylation sites (tertiary alicyclic amines) is 1. The molecule has 1 aromatic carbocycles. The van der Waals surface area contributed by atoms with Gasteiger partial charge in [0.25, 0.3) is 0 Å². The average molecular weight is 269 g/mol. The Morgan fingerprint density at radius 2 is 2.22 bits per heavy atom. The van der Waals surface area contributed by atoms with E-state index in [1.807, 2.05) is 24.3 Å². The van der Waals surface area contributed by atoms with E-state index < -0.39 is 0 Å². The third kappa shape index (κ3) is 2.54. The molecule has 1 saturated heterocycles. The van der Waals surface area contributed by atoms with Crippen LogP contribution in [0.4, 0.5) is 0 Å². The van der Waals surface area contributed by atoms with Gasteiger partial charge in [-0.05, 0) is 30.5 Å². The molecule has 0 bridgehead atoms. The van der Waals surface area contributed by atoms with Crippen LogP contribution < -0.4 is 5.73 Å². The summed E-state index contributed by atoms with van der Waals surface area (Å²) in [6.07, 6.45) is 1.10. The van der Waals surface area contributed by atoms with Gasteiger partial charge in [-0.15, -0.1) is 0 Å². The van der Waals surface area contributed by atoms with Crippen molar-refractivity contribution in [1.29, 1.82) is 0 Å². The Morgan fingerprint density at radius 1 is 1.50 bits per heavy atom. The van der Waals surface area contributed by atoms with Gasteiger partial charge in [-0.25, -0.2) is 0 Å². The summed E-state index contributed by atoms with van der Waals surface area (Å²) in [6, 6.07) is 8.12. The minimum atomic E-state index is 0.0980. The van der Waals surface area contributed by atoms with Gasteiger partial charge in [-0.1, -0.05) is 36.7 Å². The molecule has 3 nitrogen and oxygen atoms in total. The van der Waals surface area contributed by atoms with Crippen LogP contribution in [0.15, 0.2) is 24.3 Å². The fraction of sp³-hybridized carbons (Fsp3) is 0.571. The molecule has 3 unspecified atom stereocenters. The molecule has 3 atom stereocenters. The Morgan fingerprint density at radius 3 is 2.83 bits per heavy atom. The molecule has 0 aliphatic carbocycles. The molecule has 18 heavy (non-hydrogen) atoms. The van der Waals surface area contributed by atoms with E-state index in [1.54, 1.807) is 0 Å². The molecule has 0 radical (unpaired) electrons. The van der Waals surface area contributed by atoms with Crippen molar-refractivity contribution in [1.82, 2.24) is 4.90 Å². The van der Waals surface area contributed by atoms with Crippen LogP contribution in [0.3, 0.4) is 0 Å². The molecule has 0 saturated carbocycles. The Hall–Kier alpha value is -0.610. The second-order valence-electron chi connectivity index (χ2n) is 5.03. The van der Waals surface area contributed by atoms with E-state index in [0.29, 0.717) is 12.5 Å².